The lowest BCUT2D eigenvalue weighted by Gasteiger charge is -2.27. The molecule has 1 N–H and O–H groups in total. The zero-order chi connectivity index (χ0) is 14.0. The molecular weight excluding hydrogens is 246 g/mol. The van der Waals surface area contributed by atoms with Gasteiger partial charge in [0.2, 0.25) is 5.91 Å². The zero-order valence-electron chi connectivity index (χ0n) is 11.0. The monoisotopic (exact) mass is 263 g/mol. The Hall–Kier alpha value is -2.04. The molecule has 1 aliphatic heterocycles. The van der Waals surface area contributed by atoms with E-state index in [1.807, 2.05) is 31.2 Å². The van der Waals surface area contributed by atoms with Crippen molar-refractivity contribution in [1.29, 1.82) is 0 Å². The number of hydrogen-bond donors (Lipinski definition) is 1. The second-order valence-corrected chi connectivity index (χ2v) is 4.79. The Kier molecular flexibility index (Phi) is 3.74. The third-order valence-electron chi connectivity index (χ3n) is 3.35. The van der Waals surface area contributed by atoms with Crippen LogP contribution in [0.4, 0.5) is 0 Å². The van der Waals surface area contributed by atoms with Gasteiger partial charge in [0.15, 0.2) is 0 Å². The molecule has 2 rings (SSSR count). The number of carbonyl (C=O) groups is 2. The fourth-order valence-electron chi connectivity index (χ4n) is 2.06. The van der Waals surface area contributed by atoms with E-state index >= 15 is 0 Å². The molecule has 0 aromatic heterocycles. The minimum absolute atomic E-state index is 0.151. The third kappa shape index (κ3) is 2.70. The lowest BCUT2D eigenvalue weighted by Crippen LogP contribution is -2.44. The fourth-order valence-corrected chi connectivity index (χ4v) is 2.06. The highest BCUT2D eigenvalue weighted by Crippen LogP contribution is 2.25. The van der Waals surface area contributed by atoms with Crippen LogP contribution in [0.25, 0.3) is 0 Å². The number of benzene rings is 1. The first-order valence-corrected chi connectivity index (χ1v) is 6.24. The van der Waals surface area contributed by atoms with Gasteiger partial charge in [0.1, 0.15) is 18.3 Å². The summed E-state index contributed by atoms with van der Waals surface area (Å²) in [7, 11) is 0. The Morgan fingerprint density at radius 2 is 2.11 bits per heavy atom. The van der Waals surface area contributed by atoms with Crippen LogP contribution in [-0.2, 0) is 16.1 Å². The topological polar surface area (TPSA) is 66.8 Å². The number of carboxylic acid groups (broad SMARTS) is 1. The van der Waals surface area contributed by atoms with Gasteiger partial charge in [-0.1, -0.05) is 18.2 Å². The van der Waals surface area contributed by atoms with Crippen LogP contribution in [0.15, 0.2) is 24.3 Å². The molecule has 0 spiro atoms. The van der Waals surface area contributed by atoms with E-state index in [1.165, 1.54) is 6.92 Å². The number of carbonyl (C=O) groups excluding carboxylic acids is 1. The Balaban J connectivity index is 2.26. The minimum Gasteiger partial charge on any atom is -0.491 e. The summed E-state index contributed by atoms with van der Waals surface area (Å²) in [5.74, 6) is -1.75. The number of hydrogen-bond acceptors (Lipinski definition) is 3. The maximum atomic E-state index is 12.2. The maximum absolute atomic E-state index is 12.2. The van der Waals surface area contributed by atoms with Crippen molar-refractivity contribution in [3.05, 3.63) is 29.8 Å². The van der Waals surface area contributed by atoms with Crippen molar-refractivity contribution in [2.45, 2.75) is 26.4 Å². The quantitative estimate of drug-likeness (QED) is 0.821. The molecule has 5 heteroatoms. The van der Waals surface area contributed by atoms with Crippen LogP contribution in [0, 0.1) is 5.92 Å². The molecule has 1 heterocycles. The lowest BCUT2D eigenvalue weighted by atomic mass is 10.1. The van der Waals surface area contributed by atoms with E-state index in [0.29, 0.717) is 13.2 Å². The molecule has 102 valence electrons. The number of carboxylic acids is 1. The van der Waals surface area contributed by atoms with Crippen molar-refractivity contribution in [3.8, 4) is 5.75 Å². The van der Waals surface area contributed by atoms with Crippen LogP contribution in [-0.4, -0.2) is 34.5 Å². The van der Waals surface area contributed by atoms with E-state index in [2.05, 4.69) is 0 Å². The van der Waals surface area contributed by atoms with Crippen LogP contribution < -0.4 is 4.74 Å². The van der Waals surface area contributed by atoms with E-state index in [0.717, 1.165) is 11.3 Å². The van der Waals surface area contributed by atoms with Gasteiger partial charge in [-0.3, -0.25) is 9.59 Å². The van der Waals surface area contributed by atoms with Crippen LogP contribution in [0.5, 0.6) is 5.75 Å². The normalized spacial score (nSPS) is 19.9. The average Bonchev–Trinajstić information content (AvgIpc) is 2.57. The number of nitrogens with zero attached hydrogens (tertiary/aromatic N) is 1. The van der Waals surface area contributed by atoms with Crippen molar-refractivity contribution in [2.75, 3.05) is 6.61 Å². The summed E-state index contributed by atoms with van der Waals surface area (Å²) in [4.78, 5) is 24.7. The first-order valence-electron chi connectivity index (χ1n) is 6.24. The number of aliphatic carboxylic acids is 1. The van der Waals surface area contributed by atoms with Gasteiger partial charge in [0.05, 0.1) is 6.04 Å². The van der Waals surface area contributed by atoms with Crippen molar-refractivity contribution in [3.63, 3.8) is 0 Å². The van der Waals surface area contributed by atoms with Crippen molar-refractivity contribution in [1.82, 2.24) is 4.90 Å². The van der Waals surface area contributed by atoms with Crippen LogP contribution in [0.1, 0.15) is 19.4 Å². The van der Waals surface area contributed by atoms with E-state index in [9.17, 15) is 9.59 Å². The summed E-state index contributed by atoms with van der Waals surface area (Å²) < 4.78 is 5.64. The number of fused-ring (bicyclic) bond motifs is 1. The average molecular weight is 263 g/mol. The summed E-state index contributed by atoms with van der Waals surface area (Å²) in [6.45, 7) is 4.02. The van der Waals surface area contributed by atoms with Crippen molar-refractivity contribution in [2.24, 2.45) is 5.92 Å². The summed E-state index contributed by atoms with van der Waals surface area (Å²) in [5.41, 5.74) is 0.901. The summed E-state index contributed by atoms with van der Waals surface area (Å²) in [5, 5.41) is 8.96. The minimum atomic E-state index is -1.10. The molecule has 1 aromatic carbocycles. The van der Waals surface area contributed by atoms with Crippen molar-refractivity contribution >= 4 is 11.9 Å². The first-order chi connectivity index (χ1) is 9.00. The lowest BCUT2D eigenvalue weighted by molar-refractivity contribution is -0.151. The fraction of sp³-hybridized carbons (Fsp3) is 0.429. The van der Waals surface area contributed by atoms with E-state index < -0.39 is 11.9 Å². The molecule has 0 radical (unpaired) electrons. The molecule has 5 nitrogen and oxygen atoms in total. The molecule has 2 atom stereocenters. The largest absolute Gasteiger partial charge is 0.491 e. The number of amides is 1. The molecule has 1 amide bonds. The zero-order valence-corrected chi connectivity index (χ0v) is 11.0. The molecule has 0 saturated heterocycles. The predicted molar refractivity (Wildman–Crippen MR) is 68.7 cm³/mol. The highest BCUT2D eigenvalue weighted by Gasteiger charge is 2.31. The Labute approximate surface area is 111 Å². The Morgan fingerprint density at radius 1 is 1.42 bits per heavy atom. The SMILES string of the molecule is CC(C(=O)O)C(=O)N1Cc2ccccc2OCC1C. The second kappa shape index (κ2) is 5.30. The number of ether oxygens (including phenoxy) is 1. The number of para-hydroxylation sites is 1. The molecule has 1 aliphatic rings. The molecule has 0 bridgehead atoms. The highest BCUT2D eigenvalue weighted by molar-refractivity contribution is 5.96. The van der Waals surface area contributed by atoms with Crippen LogP contribution in [0.2, 0.25) is 0 Å². The van der Waals surface area contributed by atoms with Gasteiger partial charge in [0, 0.05) is 12.1 Å². The summed E-state index contributed by atoms with van der Waals surface area (Å²) >= 11 is 0. The smallest absolute Gasteiger partial charge is 0.315 e. The van der Waals surface area contributed by atoms with Crippen LogP contribution in [0.3, 0.4) is 0 Å². The van der Waals surface area contributed by atoms with E-state index in [1.54, 1.807) is 4.90 Å². The van der Waals surface area contributed by atoms with Gasteiger partial charge >= 0.3 is 5.97 Å². The first kappa shape index (κ1) is 13.4. The molecule has 2 unspecified atom stereocenters. The van der Waals surface area contributed by atoms with Crippen LogP contribution >= 0.6 is 0 Å². The maximum Gasteiger partial charge on any atom is 0.315 e. The van der Waals surface area contributed by atoms with Gasteiger partial charge in [0.25, 0.3) is 0 Å². The predicted octanol–water partition coefficient (Wildman–Crippen LogP) is 1.52. The standard InChI is InChI=1S/C14H17NO4/c1-9-8-19-12-6-4-3-5-11(12)7-15(9)13(16)10(2)14(17)18/h3-6,9-10H,7-8H2,1-2H3,(H,17,18). The van der Waals surface area contributed by atoms with Gasteiger partial charge in [-0.05, 0) is 19.9 Å². The molecule has 19 heavy (non-hydrogen) atoms. The summed E-state index contributed by atoms with van der Waals surface area (Å²) in [6, 6.07) is 7.35. The molecule has 0 saturated carbocycles. The molecule has 1 aromatic rings. The Morgan fingerprint density at radius 3 is 2.79 bits per heavy atom. The van der Waals surface area contributed by atoms with E-state index in [-0.39, 0.29) is 11.9 Å². The van der Waals surface area contributed by atoms with Gasteiger partial charge in [-0.2, -0.15) is 0 Å². The number of rotatable bonds is 2. The molecule has 0 aliphatic carbocycles. The second-order valence-electron chi connectivity index (χ2n) is 4.79. The molecular formula is C14H17NO4. The summed E-state index contributed by atoms with van der Waals surface area (Å²) in [6.07, 6.45) is 0. The van der Waals surface area contributed by atoms with Crippen molar-refractivity contribution < 1.29 is 19.4 Å². The highest BCUT2D eigenvalue weighted by atomic mass is 16.5. The third-order valence-corrected chi connectivity index (χ3v) is 3.35. The molecule has 0 fully saturated rings. The Bertz CT molecular complexity index is 500. The van der Waals surface area contributed by atoms with E-state index in [4.69, 9.17) is 9.84 Å². The van der Waals surface area contributed by atoms with Gasteiger partial charge in [-0.25, -0.2) is 0 Å². The van der Waals surface area contributed by atoms with Gasteiger partial charge in [-0.15, -0.1) is 0 Å². The van der Waals surface area contributed by atoms with Gasteiger partial charge < -0.3 is 14.7 Å².